The van der Waals surface area contributed by atoms with E-state index in [1.165, 1.54) is 0 Å². The van der Waals surface area contributed by atoms with Gasteiger partial charge in [-0.25, -0.2) is 0 Å². The van der Waals surface area contributed by atoms with Gasteiger partial charge in [-0.05, 0) is 34.7 Å². The molecule has 80 valence electrons. The molecule has 0 radical (unpaired) electrons. The summed E-state index contributed by atoms with van der Waals surface area (Å²) in [5, 5.41) is 17.5. The Morgan fingerprint density at radius 1 is 1.40 bits per heavy atom. The summed E-state index contributed by atoms with van der Waals surface area (Å²) in [7, 11) is 0. The van der Waals surface area contributed by atoms with Crippen LogP contribution in [0.4, 0.5) is 13.2 Å². The number of nitriles is 1. The molecule has 0 atom stereocenters. The van der Waals surface area contributed by atoms with Gasteiger partial charge in [0.05, 0.1) is 17.7 Å². The summed E-state index contributed by atoms with van der Waals surface area (Å²) in [6, 6.07) is 3.68. The second kappa shape index (κ2) is 4.37. The summed E-state index contributed by atoms with van der Waals surface area (Å²) in [4.78, 5) is 0. The van der Waals surface area contributed by atoms with Gasteiger partial charge < -0.3 is 5.11 Å². The van der Waals surface area contributed by atoms with Crippen molar-refractivity contribution in [2.24, 2.45) is 0 Å². The number of hydrogen-bond acceptors (Lipinski definition) is 2. The highest BCUT2D eigenvalue weighted by Gasteiger charge is 2.34. The first kappa shape index (κ1) is 12.3. The summed E-state index contributed by atoms with van der Waals surface area (Å²) in [6.07, 6.45) is -4.51. The van der Waals surface area contributed by atoms with Crippen LogP contribution in [0.2, 0.25) is 0 Å². The summed E-state index contributed by atoms with van der Waals surface area (Å²) in [5.41, 5.74) is -1.01. The average molecular weight is 327 g/mol. The van der Waals surface area contributed by atoms with Crippen LogP contribution in [-0.2, 0) is 12.8 Å². The minimum Gasteiger partial charge on any atom is -0.392 e. The quantitative estimate of drug-likeness (QED) is 0.806. The summed E-state index contributed by atoms with van der Waals surface area (Å²) in [6.45, 7) is -0.733. The molecule has 0 fully saturated rings. The van der Waals surface area contributed by atoms with Gasteiger partial charge in [0, 0.05) is 9.13 Å². The van der Waals surface area contributed by atoms with E-state index in [1.807, 2.05) is 0 Å². The molecule has 1 rings (SSSR count). The Hall–Kier alpha value is -0.810. The van der Waals surface area contributed by atoms with Crippen LogP contribution in [-0.4, -0.2) is 5.11 Å². The van der Waals surface area contributed by atoms with E-state index in [2.05, 4.69) is 0 Å². The van der Waals surface area contributed by atoms with Crippen LogP contribution >= 0.6 is 22.6 Å². The van der Waals surface area contributed by atoms with E-state index in [0.717, 1.165) is 12.1 Å². The first-order valence-corrected chi connectivity index (χ1v) is 4.89. The van der Waals surface area contributed by atoms with E-state index in [9.17, 15) is 13.2 Å². The first-order chi connectivity index (χ1) is 6.91. The summed E-state index contributed by atoms with van der Waals surface area (Å²) >= 11 is 1.62. The zero-order valence-corrected chi connectivity index (χ0v) is 9.43. The Kier molecular flexibility index (Phi) is 3.57. The van der Waals surface area contributed by atoms with Crippen molar-refractivity contribution in [3.05, 3.63) is 32.4 Å². The zero-order valence-electron chi connectivity index (χ0n) is 7.27. The lowest BCUT2D eigenvalue weighted by molar-refractivity contribution is -0.138. The van der Waals surface area contributed by atoms with Gasteiger partial charge in [0.1, 0.15) is 6.07 Å². The standard InChI is InChI=1S/C9H5F3INO/c10-9(11,12)7-2-1-5(3-14)8(13)6(7)4-15/h1-2,15H,4H2. The molecule has 0 aliphatic rings. The van der Waals surface area contributed by atoms with Crippen LogP contribution in [0.25, 0.3) is 0 Å². The highest BCUT2D eigenvalue weighted by Crippen LogP contribution is 2.34. The van der Waals surface area contributed by atoms with Crippen LogP contribution in [0, 0.1) is 14.9 Å². The molecule has 2 nitrogen and oxygen atoms in total. The van der Waals surface area contributed by atoms with Crippen LogP contribution in [0.5, 0.6) is 0 Å². The molecule has 0 saturated carbocycles. The fraction of sp³-hybridized carbons (Fsp3) is 0.222. The van der Waals surface area contributed by atoms with E-state index >= 15 is 0 Å². The third kappa shape index (κ3) is 2.41. The molecule has 1 N–H and O–H groups in total. The molecule has 0 aliphatic heterocycles. The number of halogens is 4. The molecule has 0 saturated heterocycles. The fourth-order valence-corrected chi connectivity index (χ4v) is 1.89. The van der Waals surface area contributed by atoms with Crippen LogP contribution in [0.3, 0.4) is 0 Å². The number of alkyl halides is 3. The lowest BCUT2D eigenvalue weighted by atomic mass is 10.0. The second-order valence-electron chi connectivity index (χ2n) is 2.72. The highest BCUT2D eigenvalue weighted by molar-refractivity contribution is 14.1. The van der Waals surface area contributed by atoms with Crippen molar-refractivity contribution in [3.63, 3.8) is 0 Å². The van der Waals surface area contributed by atoms with Crippen molar-refractivity contribution < 1.29 is 18.3 Å². The largest absolute Gasteiger partial charge is 0.416 e. The van der Waals surface area contributed by atoms with Gasteiger partial charge in [0.15, 0.2) is 0 Å². The van der Waals surface area contributed by atoms with Crippen molar-refractivity contribution in [1.82, 2.24) is 0 Å². The first-order valence-electron chi connectivity index (χ1n) is 3.81. The van der Waals surface area contributed by atoms with Crippen molar-refractivity contribution >= 4 is 22.6 Å². The monoisotopic (exact) mass is 327 g/mol. The predicted molar refractivity (Wildman–Crippen MR) is 54.8 cm³/mol. The number of rotatable bonds is 1. The van der Waals surface area contributed by atoms with Crippen molar-refractivity contribution in [2.75, 3.05) is 0 Å². The van der Waals surface area contributed by atoms with Crippen molar-refractivity contribution in [1.29, 1.82) is 5.26 Å². The van der Waals surface area contributed by atoms with Gasteiger partial charge in [0.25, 0.3) is 0 Å². The van der Waals surface area contributed by atoms with Gasteiger partial charge in [-0.15, -0.1) is 0 Å². The Morgan fingerprint density at radius 2 is 2.00 bits per heavy atom. The van der Waals surface area contributed by atoms with Crippen LogP contribution in [0.1, 0.15) is 16.7 Å². The van der Waals surface area contributed by atoms with Crippen molar-refractivity contribution in [2.45, 2.75) is 12.8 Å². The number of aliphatic hydroxyl groups excluding tert-OH is 1. The maximum absolute atomic E-state index is 12.5. The zero-order chi connectivity index (χ0) is 11.6. The molecule has 0 bridgehead atoms. The molecule has 0 heterocycles. The van der Waals surface area contributed by atoms with Gasteiger partial charge in [-0.3, -0.25) is 0 Å². The third-order valence-electron chi connectivity index (χ3n) is 1.83. The Morgan fingerprint density at radius 3 is 2.40 bits per heavy atom. The number of nitrogens with zero attached hydrogens (tertiary/aromatic N) is 1. The van der Waals surface area contributed by atoms with Gasteiger partial charge >= 0.3 is 6.18 Å². The van der Waals surface area contributed by atoms with E-state index in [1.54, 1.807) is 28.7 Å². The topological polar surface area (TPSA) is 44.0 Å². The van der Waals surface area contributed by atoms with Crippen LogP contribution in [0.15, 0.2) is 12.1 Å². The minimum atomic E-state index is -4.51. The SMILES string of the molecule is N#Cc1ccc(C(F)(F)F)c(CO)c1I. The highest BCUT2D eigenvalue weighted by atomic mass is 127. The lowest BCUT2D eigenvalue weighted by Gasteiger charge is -2.13. The fourth-order valence-electron chi connectivity index (χ4n) is 1.13. The second-order valence-corrected chi connectivity index (χ2v) is 3.80. The van der Waals surface area contributed by atoms with Gasteiger partial charge in [-0.2, -0.15) is 18.4 Å². The Balaban J connectivity index is 3.46. The van der Waals surface area contributed by atoms with E-state index in [4.69, 9.17) is 10.4 Å². The molecule has 6 heteroatoms. The molecule has 1 aromatic carbocycles. The molecule has 0 spiro atoms. The van der Waals surface area contributed by atoms with Gasteiger partial charge in [0.2, 0.25) is 0 Å². The number of hydrogen-bond donors (Lipinski definition) is 1. The van der Waals surface area contributed by atoms with E-state index < -0.39 is 18.3 Å². The predicted octanol–water partition coefficient (Wildman–Crippen LogP) is 2.67. The Bertz CT molecular complexity index is 423. The maximum atomic E-state index is 12.5. The molecule has 15 heavy (non-hydrogen) atoms. The van der Waals surface area contributed by atoms with Crippen molar-refractivity contribution in [3.8, 4) is 6.07 Å². The molecule has 0 unspecified atom stereocenters. The number of aliphatic hydroxyl groups is 1. The summed E-state index contributed by atoms with van der Waals surface area (Å²) < 4.78 is 37.5. The normalized spacial score (nSPS) is 11.2. The molecule has 1 aromatic rings. The molecule has 0 aliphatic carbocycles. The van der Waals surface area contributed by atoms with Crippen LogP contribution < -0.4 is 0 Å². The Labute approximate surface area is 97.5 Å². The smallest absolute Gasteiger partial charge is 0.392 e. The molecular formula is C9H5F3INO. The summed E-state index contributed by atoms with van der Waals surface area (Å²) in [5.74, 6) is 0. The average Bonchev–Trinajstić information content (AvgIpc) is 2.15. The van der Waals surface area contributed by atoms with E-state index in [0.29, 0.717) is 0 Å². The van der Waals surface area contributed by atoms with Gasteiger partial charge in [-0.1, -0.05) is 0 Å². The maximum Gasteiger partial charge on any atom is 0.416 e. The van der Waals surface area contributed by atoms with E-state index in [-0.39, 0.29) is 14.7 Å². The molecule has 0 aromatic heterocycles. The molecular weight excluding hydrogens is 322 g/mol. The molecule has 0 amide bonds. The number of benzene rings is 1. The third-order valence-corrected chi connectivity index (χ3v) is 3.06. The lowest BCUT2D eigenvalue weighted by Crippen LogP contribution is -2.11. The minimum absolute atomic E-state index is 0.132.